The summed E-state index contributed by atoms with van der Waals surface area (Å²) in [6.07, 6.45) is 2.08. The summed E-state index contributed by atoms with van der Waals surface area (Å²) in [6.45, 7) is 10.1. The van der Waals surface area contributed by atoms with Crippen LogP contribution in [0, 0.1) is 25.5 Å². The van der Waals surface area contributed by atoms with Crippen LogP contribution < -0.4 is 5.32 Å². The van der Waals surface area contributed by atoms with E-state index in [1.807, 2.05) is 52.8 Å². The van der Waals surface area contributed by atoms with Crippen molar-refractivity contribution < 1.29 is 23.1 Å². The molecule has 0 saturated carbocycles. The van der Waals surface area contributed by atoms with Gasteiger partial charge in [0.05, 0.1) is 17.5 Å². The van der Waals surface area contributed by atoms with Crippen LogP contribution in [-0.4, -0.2) is 45.4 Å². The number of benzene rings is 2. The average molecular weight is 511 g/mol. The second kappa shape index (κ2) is 10.3. The van der Waals surface area contributed by atoms with E-state index in [2.05, 4.69) is 10.4 Å². The standard InChI is InChI=1S/C28H32F2N4O3/c1-17-7-6-8-18(2)24(17)32-26(35)21-16-31-34(23-10-9-20(29)15-22(23)30)25(21)19-11-13-33(14-12-19)27(36)37-28(3,4)5/h6-10,15-16,19H,11-14H2,1-5H3,(H,32,35). The van der Waals surface area contributed by atoms with Crippen molar-refractivity contribution in [2.75, 3.05) is 18.4 Å². The Bertz CT molecular complexity index is 1300. The molecule has 1 fully saturated rings. The number of carbonyl (C=O) groups excluding carboxylic acids is 2. The molecule has 0 spiro atoms. The fourth-order valence-electron chi connectivity index (χ4n) is 4.63. The number of halogens is 2. The van der Waals surface area contributed by atoms with Crippen molar-refractivity contribution in [1.82, 2.24) is 14.7 Å². The van der Waals surface area contributed by atoms with Crippen molar-refractivity contribution in [3.8, 4) is 5.69 Å². The molecule has 1 aliphatic rings. The van der Waals surface area contributed by atoms with Gasteiger partial charge in [-0.25, -0.2) is 18.3 Å². The first-order valence-corrected chi connectivity index (χ1v) is 12.3. The number of aryl methyl sites for hydroxylation is 2. The first-order valence-electron chi connectivity index (χ1n) is 12.3. The molecule has 37 heavy (non-hydrogen) atoms. The van der Waals surface area contributed by atoms with Gasteiger partial charge in [0.15, 0.2) is 5.82 Å². The molecule has 0 aliphatic carbocycles. The molecule has 0 radical (unpaired) electrons. The van der Waals surface area contributed by atoms with Gasteiger partial charge < -0.3 is 15.0 Å². The Morgan fingerprint density at radius 3 is 2.30 bits per heavy atom. The van der Waals surface area contributed by atoms with Gasteiger partial charge in [-0.05, 0) is 70.7 Å². The van der Waals surface area contributed by atoms with E-state index in [1.165, 1.54) is 16.9 Å². The molecular weight excluding hydrogens is 478 g/mol. The number of anilines is 1. The SMILES string of the molecule is Cc1cccc(C)c1NC(=O)c1cnn(-c2ccc(F)cc2F)c1C1CCN(C(=O)OC(C)(C)C)CC1. The average Bonchev–Trinajstić information content (AvgIpc) is 3.25. The highest BCUT2D eigenvalue weighted by Crippen LogP contribution is 2.34. The van der Waals surface area contributed by atoms with Crippen LogP contribution in [0.25, 0.3) is 5.69 Å². The Kier molecular flexibility index (Phi) is 7.34. The minimum Gasteiger partial charge on any atom is -0.444 e. The van der Waals surface area contributed by atoms with Gasteiger partial charge in [-0.1, -0.05) is 18.2 Å². The Morgan fingerprint density at radius 2 is 1.70 bits per heavy atom. The van der Waals surface area contributed by atoms with Crippen LogP contribution in [0.15, 0.2) is 42.6 Å². The molecular formula is C28H32F2N4O3. The second-order valence-electron chi connectivity index (χ2n) is 10.4. The maximum Gasteiger partial charge on any atom is 0.410 e. The number of hydrogen-bond acceptors (Lipinski definition) is 4. The van der Waals surface area contributed by atoms with E-state index >= 15 is 0 Å². The van der Waals surface area contributed by atoms with Crippen LogP contribution in [0.3, 0.4) is 0 Å². The third-order valence-electron chi connectivity index (χ3n) is 6.44. The van der Waals surface area contributed by atoms with Crippen LogP contribution in [0.2, 0.25) is 0 Å². The number of piperidine rings is 1. The molecule has 7 nitrogen and oxygen atoms in total. The van der Waals surface area contributed by atoms with Gasteiger partial charge in [0.25, 0.3) is 5.91 Å². The highest BCUT2D eigenvalue weighted by atomic mass is 19.1. The number of amides is 2. The normalized spacial score (nSPS) is 14.5. The predicted octanol–water partition coefficient (Wildman–Crippen LogP) is 6.13. The van der Waals surface area contributed by atoms with Gasteiger partial charge in [-0.3, -0.25) is 4.79 Å². The predicted molar refractivity (Wildman–Crippen MR) is 137 cm³/mol. The molecule has 3 aromatic rings. The Balaban J connectivity index is 1.67. The number of ether oxygens (including phenoxy) is 1. The molecule has 1 N–H and O–H groups in total. The fourth-order valence-corrected chi connectivity index (χ4v) is 4.63. The second-order valence-corrected chi connectivity index (χ2v) is 10.4. The van der Waals surface area contributed by atoms with E-state index in [4.69, 9.17) is 4.74 Å². The fraction of sp³-hybridized carbons (Fsp3) is 0.393. The number of aromatic nitrogens is 2. The summed E-state index contributed by atoms with van der Waals surface area (Å²) in [5, 5.41) is 7.34. The zero-order chi connectivity index (χ0) is 26.9. The zero-order valence-corrected chi connectivity index (χ0v) is 21.8. The Hall–Kier alpha value is -3.75. The van der Waals surface area contributed by atoms with Crippen LogP contribution in [-0.2, 0) is 4.74 Å². The van der Waals surface area contributed by atoms with E-state index in [-0.39, 0.29) is 17.5 Å². The number of rotatable bonds is 4. The monoisotopic (exact) mass is 510 g/mol. The lowest BCUT2D eigenvalue weighted by Gasteiger charge is -2.34. The first kappa shape index (κ1) is 26.3. The van der Waals surface area contributed by atoms with Crippen molar-refractivity contribution in [3.63, 3.8) is 0 Å². The number of para-hydroxylation sites is 1. The number of carbonyl (C=O) groups is 2. The van der Waals surface area contributed by atoms with E-state index in [0.29, 0.717) is 42.9 Å². The quantitative estimate of drug-likeness (QED) is 0.458. The minimum atomic E-state index is -0.780. The summed E-state index contributed by atoms with van der Waals surface area (Å²) >= 11 is 0. The number of nitrogens with zero attached hydrogens (tertiary/aromatic N) is 3. The highest BCUT2D eigenvalue weighted by molar-refractivity contribution is 6.06. The van der Waals surface area contributed by atoms with E-state index in [1.54, 1.807) is 4.90 Å². The van der Waals surface area contributed by atoms with Crippen molar-refractivity contribution >= 4 is 17.7 Å². The summed E-state index contributed by atoms with van der Waals surface area (Å²) in [4.78, 5) is 27.7. The van der Waals surface area contributed by atoms with Gasteiger partial charge in [-0.2, -0.15) is 5.10 Å². The lowest BCUT2D eigenvalue weighted by atomic mass is 9.90. The largest absolute Gasteiger partial charge is 0.444 e. The van der Waals surface area contributed by atoms with Gasteiger partial charge >= 0.3 is 6.09 Å². The Morgan fingerprint density at radius 1 is 1.05 bits per heavy atom. The third-order valence-corrected chi connectivity index (χ3v) is 6.44. The molecule has 9 heteroatoms. The summed E-state index contributed by atoms with van der Waals surface area (Å²) < 4.78 is 35.3. The number of nitrogens with one attached hydrogen (secondary N) is 1. The van der Waals surface area contributed by atoms with E-state index in [0.717, 1.165) is 23.3 Å². The third kappa shape index (κ3) is 5.81. The van der Waals surface area contributed by atoms with Crippen molar-refractivity contribution in [3.05, 3.63) is 76.6 Å². The summed E-state index contributed by atoms with van der Waals surface area (Å²) in [5.41, 5.74) is 2.82. The zero-order valence-electron chi connectivity index (χ0n) is 21.8. The van der Waals surface area contributed by atoms with Crippen molar-refractivity contribution in [1.29, 1.82) is 0 Å². The van der Waals surface area contributed by atoms with Gasteiger partial charge in [0, 0.05) is 30.8 Å². The minimum absolute atomic E-state index is 0.0529. The van der Waals surface area contributed by atoms with E-state index in [9.17, 15) is 18.4 Å². The van der Waals surface area contributed by atoms with Crippen molar-refractivity contribution in [2.24, 2.45) is 0 Å². The van der Waals surface area contributed by atoms with Crippen LogP contribution in [0.4, 0.5) is 19.3 Å². The van der Waals surface area contributed by atoms with Crippen LogP contribution in [0.1, 0.15) is 66.7 Å². The molecule has 2 amide bonds. The lowest BCUT2D eigenvalue weighted by molar-refractivity contribution is 0.0203. The lowest BCUT2D eigenvalue weighted by Crippen LogP contribution is -2.41. The topological polar surface area (TPSA) is 76.5 Å². The number of hydrogen-bond donors (Lipinski definition) is 1. The molecule has 1 aliphatic heterocycles. The van der Waals surface area contributed by atoms with Crippen LogP contribution in [0.5, 0.6) is 0 Å². The summed E-state index contributed by atoms with van der Waals surface area (Å²) in [7, 11) is 0. The highest BCUT2D eigenvalue weighted by Gasteiger charge is 2.32. The molecule has 2 aromatic carbocycles. The first-order chi connectivity index (χ1) is 17.4. The molecule has 0 atom stereocenters. The number of likely N-dealkylation sites (tertiary alicyclic amines) is 1. The van der Waals surface area contributed by atoms with Gasteiger partial charge in [-0.15, -0.1) is 0 Å². The van der Waals surface area contributed by atoms with Gasteiger partial charge in [0.2, 0.25) is 0 Å². The molecule has 1 saturated heterocycles. The van der Waals surface area contributed by atoms with E-state index < -0.39 is 23.3 Å². The van der Waals surface area contributed by atoms with Crippen LogP contribution >= 0.6 is 0 Å². The van der Waals surface area contributed by atoms with Gasteiger partial charge in [0.1, 0.15) is 17.1 Å². The molecule has 2 heterocycles. The maximum absolute atomic E-state index is 14.8. The summed E-state index contributed by atoms with van der Waals surface area (Å²) in [5.74, 6) is -2.04. The van der Waals surface area contributed by atoms with Crippen molar-refractivity contribution in [2.45, 2.75) is 59.0 Å². The Labute approximate surface area is 215 Å². The summed E-state index contributed by atoms with van der Waals surface area (Å²) in [6, 6.07) is 9.00. The molecule has 0 unspecified atom stereocenters. The smallest absolute Gasteiger partial charge is 0.410 e. The molecule has 0 bridgehead atoms. The maximum atomic E-state index is 14.8. The molecule has 4 rings (SSSR count). The molecule has 196 valence electrons. The molecule has 1 aromatic heterocycles.